The summed E-state index contributed by atoms with van der Waals surface area (Å²) in [6, 6.07) is 12.2. The molecule has 0 bridgehead atoms. The van der Waals surface area contributed by atoms with Crippen LogP contribution in [0, 0.1) is 0 Å². The van der Waals surface area contributed by atoms with Crippen LogP contribution in [0.5, 0.6) is 5.75 Å². The number of hydrogen-bond donors (Lipinski definition) is 1. The van der Waals surface area contributed by atoms with E-state index < -0.39 is 0 Å². The van der Waals surface area contributed by atoms with E-state index in [9.17, 15) is 0 Å². The molecule has 0 spiro atoms. The molecule has 2 aromatic rings. The predicted octanol–water partition coefficient (Wildman–Crippen LogP) is 5.49. The topological polar surface area (TPSA) is 21.3 Å². The first-order chi connectivity index (χ1) is 10.2. The van der Waals surface area contributed by atoms with E-state index in [4.69, 9.17) is 27.9 Å². The molecular formula is C17H17Cl2NO. The minimum atomic E-state index is 0.201. The van der Waals surface area contributed by atoms with E-state index in [1.165, 1.54) is 11.1 Å². The Labute approximate surface area is 135 Å². The van der Waals surface area contributed by atoms with Crippen LogP contribution in [-0.2, 0) is 6.42 Å². The van der Waals surface area contributed by atoms with Gasteiger partial charge in [-0.3, -0.25) is 0 Å². The Balaban J connectivity index is 1.87. The van der Waals surface area contributed by atoms with Gasteiger partial charge >= 0.3 is 0 Å². The SMILES string of the molecule is CCC(Nc1cccc(Cl)c1Cl)c1ccc2c(c1)CCO2. The van der Waals surface area contributed by atoms with Gasteiger partial charge in [-0.05, 0) is 41.8 Å². The van der Waals surface area contributed by atoms with Crippen molar-refractivity contribution in [2.75, 3.05) is 11.9 Å². The molecule has 2 aromatic carbocycles. The van der Waals surface area contributed by atoms with Crippen molar-refractivity contribution < 1.29 is 4.74 Å². The molecule has 3 rings (SSSR count). The summed E-state index contributed by atoms with van der Waals surface area (Å²) < 4.78 is 5.56. The van der Waals surface area contributed by atoms with E-state index >= 15 is 0 Å². The molecule has 110 valence electrons. The summed E-state index contributed by atoms with van der Waals surface area (Å²) >= 11 is 12.3. The molecule has 1 atom stereocenters. The van der Waals surface area contributed by atoms with Crippen molar-refractivity contribution in [2.45, 2.75) is 25.8 Å². The molecule has 0 saturated carbocycles. The third-order valence-electron chi connectivity index (χ3n) is 3.81. The van der Waals surface area contributed by atoms with E-state index in [0.717, 1.165) is 30.9 Å². The Morgan fingerprint density at radius 1 is 1.24 bits per heavy atom. The fourth-order valence-corrected chi connectivity index (χ4v) is 3.00. The lowest BCUT2D eigenvalue weighted by Gasteiger charge is -2.20. The molecule has 0 radical (unpaired) electrons. The van der Waals surface area contributed by atoms with Crippen LogP contribution in [0.1, 0.15) is 30.5 Å². The summed E-state index contributed by atoms with van der Waals surface area (Å²) in [5, 5.41) is 4.63. The van der Waals surface area contributed by atoms with E-state index in [1.54, 1.807) is 6.07 Å². The van der Waals surface area contributed by atoms with Crippen LogP contribution in [0.15, 0.2) is 36.4 Å². The van der Waals surface area contributed by atoms with Crippen molar-refractivity contribution >= 4 is 28.9 Å². The molecule has 0 fully saturated rings. The van der Waals surface area contributed by atoms with Gasteiger partial charge in [-0.2, -0.15) is 0 Å². The summed E-state index contributed by atoms with van der Waals surface area (Å²) in [7, 11) is 0. The summed E-state index contributed by atoms with van der Waals surface area (Å²) in [6.45, 7) is 2.93. The van der Waals surface area contributed by atoms with Crippen molar-refractivity contribution in [3.8, 4) is 5.75 Å². The molecule has 1 aliphatic heterocycles. The zero-order valence-electron chi connectivity index (χ0n) is 11.8. The number of nitrogens with one attached hydrogen (secondary N) is 1. The predicted molar refractivity (Wildman–Crippen MR) is 88.8 cm³/mol. The summed E-state index contributed by atoms with van der Waals surface area (Å²) in [4.78, 5) is 0. The zero-order chi connectivity index (χ0) is 14.8. The van der Waals surface area contributed by atoms with Crippen LogP contribution in [0.3, 0.4) is 0 Å². The highest BCUT2D eigenvalue weighted by Crippen LogP contribution is 2.34. The lowest BCUT2D eigenvalue weighted by atomic mass is 10.0. The average Bonchev–Trinajstić information content (AvgIpc) is 2.96. The van der Waals surface area contributed by atoms with Gasteiger partial charge in [-0.25, -0.2) is 0 Å². The van der Waals surface area contributed by atoms with Gasteiger partial charge < -0.3 is 10.1 Å². The number of rotatable bonds is 4. The summed E-state index contributed by atoms with van der Waals surface area (Å²) in [5.41, 5.74) is 3.40. The van der Waals surface area contributed by atoms with Crippen LogP contribution in [0.4, 0.5) is 5.69 Å². The first-order valence-corrected chi connectivity index (χ1v) is 7.91. The number of ether oxygens (including phenoxy) is 1. The standard InChI is InChI=1S/C17H17Cl2NO/c1-2-14(20-15-5-3-4-13(18)17(15)19)11-6-7-16-12(10-11)8-9-21-16/h3-7,10,14,20H,2,8-9H2,1H3. The molecule has 0 saturated heterocycles. The maximum absolute atomic E-state index is 6.26. The average molecular weight is 322 g/mol. The first kappa shape index (κ1) is 14.6. The van der Waals surface area contributed by atoms with Crippen LogP contribution in [0.25, 0.3) is 0 Å². The van der Waals surface area contributed by atoms with Gasteiger partial charge in [0.2, 0.25) is 0 Å². The zero-order valence-corrected chi connectivity index (χ0v) is 13.3. The van der Waals surface area contributed by atoms with Gasteiger partial charge in [0, 0.05) is 6.42 Å². The maximum Gasteiger partial charge on any atom is 0.122 e. The molecule has 1 aliphatic rings. The van der Waals surface area contributed by atoms with Gasteiger partial charge in [-0.1, -0.05) is 42.3 Å². The normalized spacial score (nSPS) is 14.4. The highest BCUT2D eigenvalue weighted by molar-refractivity contribution is 6.43. The Kier molecular flexibility index (Phi) is 4.27. The number of benzene rings is 2. The van der Waals surface area contributed by atoms with Crippen molar-refractivity contribution in [3.05, 3.63) is 57.6 Å². The Bertz CT molecular complexity index is 657. The van der Waals surface area contributed by atoms with E-state index in [0.29, 0.717) is 10.0 Å². The lowest BCUT2D eigenvalue weighted by molar-refractivity contribution is 0.357. The molecule has 1 N–H and O–H groups in total. The van der Waals surface area contributed by atoms with Crippen LogP contribution in [-0.4, -0.2) is 6.61 Å². The summed E-state index contributed by atoms with van der Waals surface area (Å²) in [5.74, 6) is 1.01. The van der Waals surface area contributed by atoms with Crippen LogP contribution >= 0.6 is 23.2 Å². The number of halogens is 2. The van der Waals surface area contributed by atoms with Gasteiger partial charge in [-0.15, -0.1) is 0 Å². The molecule has 0 aliphatic carbocycles. The Morgan fingerprint density at radius 2 is 2.10 bits per heavy atom. The molecule has 2 nitrogen and oxygen atoms in total. The molecule has 1 unspecified atom stereocenters. The van der Waals surface area contributed by atoms with E-state index in [1.807, 2.05) is 12.1 Å². The third-order valence-corrected chi connectivity index (χ3v) is 4.62. The first-order valence-electron chi connectivity index (χ1n) is 7.15. The van der Waals surface area contributed by atoms with Gasteiger partial charge in [0.25, 0.3) is 0 Å². The Hall–Kier alpha value is -1.38. The monoisotopic (exact) mass is 321 g/mol. The highest BCUT2D eigenvalue weighted by atomic mass is 35.5. The second-order valence-corrected chi connectivity index (χ2v) is 5.96. The smallest absolute Gasteiger partial charge is 0.122 e. The fraction of sp³-hybridized carbons (Fsp3) is 0.294. The molecule has 4 heteroatoms. The quantitative estimate of drug-likeness (QED) is 0.803. The van der Waals surface area contributed by atoms with E-state index in [-0.39, 0.29) is 6.04 Å². The Morgan fingerprint density at radius 3 is 2.90 bits per heavy atom. The molecule has 0 amide bonds. The molecule has 1 heterocycles. The second-order valence-electron chi connectivity index (χ2n) is 5.17. The van der Waals surface area contributed by atoms with Crippen LogP contribution in [0.2, 0.25) is 10.0 Å². The number of anilines is 1. The molecular weight excluding hydrogens is 305 g/mol. The largest absolute Gasteiger partial charge is 0.493 e. The van der Waals surface area contributed by atoms with Gasteiger partial charge in [0.1, 0.15) is 5.75 Å². The summed E-state index contributed by atoms with van der Waals surface area (Å²) in [6.07, 6.45) is 1.94. The van der Waals surface area contributed by atoms with Gasteiger partial charge in [0.15, 0.2) is 0 Å². The van der Waals surface area contributed by atoms with Crippen LogP contribution < -0.4 is 10.1 Å². The lowest BCUT2D eigenvalue weighted by Crippen LogP contribution is -2.10. The maximum atomic E-state index is 6.26. The second kappa shape index (κ2) is 6.17. The molecule has 0 aromatic heterocycles. The van der Waals surface area contributed by atoms with Crippen molar-refractivity contribution in [1.29, 1.82) is 0 Å². The minimum Gasteiger partial charge on any atom is -0.493 e. The number of hydrogen-bond acceptors (Lipinski definition) is 2. The van der Waals surface area contributed by atoms with Crippen molar-refractivity contribution in [1.82, 2.24) is 0 Å². The van der Waals surface area contributed by atoms with Gasteiger partial charge in [0.05, 0.1) is 28.4 Å². The van der Waals surface area contributed by atoms with E-state index in [2.05, 4.69) is 30.4 Å². The van der Waals surface area contributed by atoms with Crippen molar-refractivity contribution in [3.63, 3.8) is 0 Å². The number of fused-ring (bicyclic) bond motifs is 1. The fourth-order valence-electron chi connectivity index (χ4n) is 2.65. The molecule has 21 heavy (non-hydrogen) atoms. The highest BCUT2D eigenvalue weighted by Gasteiger charge is 2.17. The van der Waals surface area contributed by atoms with Crippen molar-refractivity contribution in [2.24, 2.45) is 0 Å². The minimum absolute atomic E-state index is 0.201. The third kappa shape index (κ3) is 2.97.